The Kier molecular flexibility index (Phi) is 6.73. The average molecular weight is 389 g/mol. The Morgan fingerprint density at radius 3 is 2.43 bits per heavy atom. The summed E-state index contributed by atoms with van der Waals surface area (Å²) in [4.78, 5) is 37.3. The van der Waals surface area contributed by atoms with Crippen LogP contribution in [0.15, 0.2) is 24.3 Å². The zero-order chi connectivity index (χ0) is 19.9. The summed E-state index contributed by atoms with van der Waals surface area (Å²) in [6, 6.07) is 7.49. The van der Waals surface area contributed by atoms with Crippen molar-refractivity contribution in [3.63, 3.8) is 0 Å². The van der Waals surface area contributed by atoms with Gasteiger partial charge in [0, 0.05) is 12.1 Å². The summed E-state index contributed by atoms with van der Waals surface area (Å²) in [6.45, 7) is 0.794. The molecule has 0 spiro atoms. The molecule has 1 aromatic rings. The number of ether oxygens (including phenoxy) is 2. The van der Waals surface area contributed by atoms with Crippen LogP contribution in [0.4, 0.5) is 4.79 Å². The molecule has 28 heavy (non-hydrogen) atoms. The standard InChI is InChI=1S/C20H27N3O5/c1-27-17-7-5-14(6-8-17)11-18(24)21-15-3-2-4-16(12-15)22-19(25)13-23-9-10-28-20(23)26/h5-8,15-16H,2-4,9-13H2,1H3,(H,21,24)(H,22,25)/t15-,16+/m1/s1. The highest BCUT2D eigenvalue weighted by Gasteiger charge is 2.27. The van der Waals surface area contributed by atoms with E-state index in [1.807, 2.05) is 24.3 Å². The third-order valence-electron chi connectivity index (χ3n) is 5.11. The van der Waals surface area contributed by atoms with Crippen molar-refractivity contribution < 1.29 is 23.9 Å². The number of carbonyl (C=O) groups is 3. The van der Waals surface area contributed by atoms with Crippen molar-refractivity contribution in [2.45, 2.75) is 44.2 Å². The van der Waals surface area contributed by atoms with E-state index in [0.717, 1.165) is 30.6 Å². The van der Waals surface area contributed by atoms with Crippen LogP contribution in [-0.2, 0) is 20.7 Å². The van der Waals surface area contributed by atoms with Crippen LogP contribution in [0, 0.1) is 0 Å². The van der Waals surface area contributed by atoms with Gasteiger partial charge < -0.3 is 20.1 Å². The second-order valence-electron chi connectivity index (χ2n) is 7.26. The van der Waals surface area contributed by atoms with Gasteiger partial charge in [0.2, 0.25) is 11.8 Å². The fourth-order valence-electron chi connectivity index (χ4n) is 3.68. The van der Waals surface area contributed by atoms with Gasteiger partial charge in [0.15, 0.2) is 0 Å². The first-order valence-corrected chi connectivity index (χ1v) is 9.67. The molecular weight excluding hydrogens is 362 g/mol. The number of carbonyl (C=O) groups excluding carboxylic acids is 3. The second kappa shape index (κ2) is 9.43. The molecule has 3 amide bonds. The number of benzene rings is 1. The molecule has 1 saturated carbocycles. The lowest BCUT2D eigenvalue weighted by molar-refractivity contribution is -0.122. The van der Waals surface area contributed by atoms with E-state index in [2.05, 4.69) is 10.6 Å². The largest absolute Gasteiger partial charge is 0.497 e. The average Bonchev–Trinajstić information content (AvgIpc) is 3.07. The predicted molar refractivity (Wildman–Crippen MR) is 102 cm³/mol. The van der Waals surface area contributed by atoms with Gasteiger partial charge in [-0.2, -0.15) is 0 Å². The van der Waals surface area contributed by atoms with E-state index in [1.54, 1.807) is 7.11 Å². The van der Waals surface area contributed by atoms with Gasteiger partial charge in [-0.3, -0.25) is 14.5 Å². The van der Waals surface area contributed by atoms with Crippen molar-refractivity contribution in [2.24, 2.45) is 0 Å². The molecule has 3 rings (SSSR count). The van der Waals surface area contributed by atoms with Crippen molar-refractivity contribution >= 4 is 17.9 Å². The molecule has 152 valence electrons. The Morgan fingerprint density at radius 2 is 1.82 bits per heavy atom. The van der Waals surface area contributed by atoms with Gasteiger partial charge in [-0.15, -0.1) is 0 Å². The molecule has 1 aliphatic heterocycles. The minimum absolute atomic E-state index is 0.00570. The minimum Gasteiger partial charge on any atom is -0.497 e. The molecule has 8 nitrogen and oxygen atoms in total. The number of amides is 3. The highest BCUT2D eigenvalue weighted by atomic mass is 16.6. The third-order valence-corrected chi connectivity index (χ3v) is 5.11. The molecule has 2 aliphatic rings. The number of nitrogens with one attached hydrogen (secondary N) is 2. The summed E-state index contributed by atoms with van der Waals surface area (Å²) in [5.74, 6) is 0.549. The topological polar surface area (TPSA) is 97.0 Å². The number of rotatable bonds is 7. The van der Waals surface area contributed by atoms with Gasteiger partial charge in [-0.25, -0.2) is 4.79 Å². The maximum absolute atomic E-state index is 12.3. The Morgan fingerprint density at radius 1 is 1.14 bits per heavy atom. The van der Waals surface area contributed by atoms with Crippen molar-refractivity contribution in [1.82, 2.24) is 15.5 Å². The van der Waals surface area contributed by atoms with Crippen molar-refractivity contribution in [2.75, 3.05) is 26.8 Å². The zero-order valence-corrected chi connectivity index (χ0v) is 16.1. The molecule has 1 saturated heterocycles. The van der Waals surface area contributed by atoms with Gasteiger partial charge in [0.05, 0.1) is 20.1 Å². The SMILES string of the molecule is COc1ccc(CC(=O)N[C@@H]2CCC[C@H](NC(=O)CN3CCOC3=O)C2)cc1. The Labute approximate surface area is 164 Å². The van der Waals surface area contributed by atoms with Gasteiger partial charge in [0.25, 0.3) is 0 Å². The predicted octanol–water partition coefficient (Wildman–Crippen LogP) is 1.23. The Balaban J connectivity index is 1.42. The fraction of sp³-hybridized carbons (Fsp3) is 0.550. The van der Waals surface area contributed by atoms with Crippen LogP contribution in [0.2, 0.25) is 0 Å². The lowest BCUT2D eigenvalue weighted by atomic mass is 9.90. The number of hydrogen-bond acceptors (Lipinski definition) is 5. The lowest BCUT2D eigenvalue weighted by Crippen LogP contribution is -2.48. The molecule has 0 unspecified atom stereocenters. The first kappa shape index (κ1) is 20.0. The summed E-state index contributed by atoms with van der Waals surface area (Å²) in [5.41, 5.74) is 0.927. The first-order valence-electron chi connectivity index (χ1n) is 9.67. The monoisotopic (exact) mass is 389 g/mol. The Hall–Kier alpha value is -2.77. The molecule has 0 bridgehead atoms. The lowest BCUT2D eigenvalue weighted by Gasteiger charge is -2.30. The molecule has 1 heterocycles. The molecular formula is C20H27N3O5. The highest BCUT2D eigenvalue weighted by Crippen LogP contribution is 2.19. The molecule has 1 aliphatic carbocycles. The van der Waals surface area contributed by atoms with E-state index in [1.165, 1.54) is 4.90 Å². The summed E-state index contributed by atoms with van der Waals surface area (Å²) in [7, 11) is 1.61. The summed E-state index contributed by atoms with van der Waals surface area (Å²) in [6.07, 6.45) is 3.28. The molecule has 2 atom stereocenters. The zero-order valence-electron chi connectivity index (χ0n) is 16.1. The van der Waals surface area contributed by atoms with E-state index < -0.39 is 6.09 Å². The van der Waals surface area contributed by atoms with Gasteiger partial charge in [-0.1, -0.05) is 12.1 Å². The van der Waals surface area contributed by atoms with Gasteiger partial charge >= 0.3 is 6.09 Å². The second-order valence-corrected chi connectivity index (χ2v) is 7.26. The van der Waals surface area contributed by atoms with E-state index in [0.29, 0.717) is 26.0 Å². The van der Waals surface area contributed by atoms with Crippen LogP contribution in [0.25, 0.3) is 0 Å². The quantitative estimate of drug-likeness (QED) is 0.731. The number of methoxy groups -OCH3 is 1. The third kappa shape index (κ3) is 5.61. The smallest absolute Gasteiger partial charge is 0.410 e. The Bertz CT molecular complexity index is 706. The molecule has 0 radical (unpaired) electrons. The van der Waals surface area contributed by atoms with Gasteiger partial charge in [-0.05, 0) is 43.4 Å². The highest BCUT2D eigenvalue weighted by molar-refractivity contribution is 5.83. The first-order chi connectivity index (χ1) is 13.5. The van der Waals surface area contributed by atoms with Crippen LogP contribution in [0.5, 0.6) is 5.75 Å². The van der Waals surface area contributed by atoms with E-state index in [9.17, 15) is 14.4 Å². The maximum atomic E-state index is 12.3. The number of nitrogens with zero attached hydrogens (tertiary/aromatic N) is 1. The fourth-order valence-corrected chi connectivity index (χ4v) is 3.68. The summed E-state index contributed by atoms with van der Waals surface area (Å²) < 4.78 is 9.95. The van der Waals surface area contributed by atoms with E-state index in [-0.39, 0.29) is 30.4 Å². The molecule has 8 heteroatoms. The van der Waals surface area contributed by atoms with Crippen LogP contribution < -0.4 is 15.4 Å². The van der Waals surface area contributed by atoms with E-state index in [4.69, 9.17) is 9.47 Å². The van der Waals surface area contributed by atoms with Crippen LogP contribution in [-0.4, -0.2) is 61.7 Å². The normalized spacial score (nSPS) is 21.8. The van der Waals surface area contributed by atoms with Crippen LogP contribution in [0.1, 0.15) is 31.2 Å². The number of cyclic esters (lactones) is 1. The molecule has 2 N–H and O–H groups in total. The van der Waals surface area contributed by atoms with Crippen LogP contribution >= 0.6 is 0 Å². The maximum Gasteiger partial charge on any atom is 0.410 e. The van der Waals surface area contributed by atoms with E-state index >= 15 is 0 Å². The minimum atomic E-state index is -0.442. The molecule has 1 aromatic carbocycles. The number of hydrogen-bond donors (Lipinski definition) is 2. The molecule has 0 aromatic heterocycles. The summed E-state index contributed by atoms with van der Waals surface area (Å²) in [5, 5.41) is 6.05. The summed E-state index contributed by atoms with van der Waals surface area (Å²) >= 11 is 0. The van der Waals surface area contributed by atoms with Crippen molar-refractivity contribution in [1.29, 1.82) is 0 Å². The van der Waals surface area contributed by atoms with Crippen molar-refractivity contribution in [3.05, 3.63) is 29.8 Å². The van der Waals surface area contributed by atoms with Crippen molar-refractivity contribution in [3.8, 4) is 5.75 Å². The molecule has 2 fully saturated rings. The van der Waals surface area contributed by atoms with Gasteiger partial charge in [0.1, 0.15) is 18.9 Å². The van der Waals surface area contributed by atoms with Crippen LogP contribution in [0.3, 0.4) is 0 Å².